The van der Waals surface area contributed by atoms with Gasteiger partial charge in [0.2, 0.25) is 5.91 Å². The molecule has 1 atom stereocenters. The van der Waals surface area contributed by atoms with Crippen LogP contribution in [0.3, 0.4) is 0 Å². The van der Waals surface area contributed by atoms with Gasteiger partial charge in [-0.15, -0.1) is 0 Å². The molecular formula is C23H26FN3O4S. The molecule has 2 aromatic rings. The minimum atomic E-state index is -3.31. The number of hydrogen-bond donors (Lipinski definition) is 0. The van der Waals surface area contributed by atoms with E-state index in [1.54, 1.807) is 35.2 Å². The van der Waals surface area contributed by atoms with Gasteiger partial charge in [-0.2, -0.15) is 0 Å². The number of halogens is 1. The van der Waals surface area contributed by atoms with Crippen LogP contribution in [0.15, 0.2) is 48.5 Å². The van der Waals surface area contributed by atoms with Gasteiger partial charge in [-0.1, -0.05) is 30.3 Å². The Hall–Kier alpha value is -2.94. The Balaban J connectivity index is 1.50. The van der Waals surface area contributed by atoms with E-state index in [1.165, 1.54) is 11.0 Å². The van der Waals surface area contributed by atoms with E-state index in [0.29, 0.717) is 37.4 Å². The minimum absolute atomic E-state index is 0.0466. The number of carbonyl (C=O) groups is 2. The first-order valence-corrected chi connectivity index (χ1v) is 12.7. The second-order valence-electron chi connectivity index (χ2n) is 8.29. The van der Waals surface area contributed by atoms with Crippen LogP contribution in [-0.4, -0.2) is 74.3 Å². The number of benzene rings is 2. The topological polar surface area (TPSA) is 78.0 Å². The van der Waals surface area contributed by atoms with E-state index in [9.17, 15) is 22.4 Å². The first-order chi connectivity index (χ1) is 15.2. The van der Waals surface area contributed by atoms with E-state index >= 15 is 0 Å². The van der Waals surface area contributed by atoms with Crippen molar-refractivity contribution in [3.8, 4) is 0 Å². The fourth-order valence-electron chi connectivity index (χ4n) is 4.35. The van der Waals surface area contributed by atoms with Gasteiger partial charge in [0.1, 0.15) is 21.7 Å². The quantitative estimate of drug-likeness (QED) is 0.660. The van der Waals surface area contributed by atoms with Crippen LogP contribution in [0, 0.1) is 5.82 Å². The average Bonchev–Trinajstić information content (AvgIpc) is 3.10. The van der Waals surface area contributed by atoms with Gasteiger partial charge >= 0.3 is 0 Å². The molecule has 9 heteroatoms. The van der Waals surface area contributed by atoms with Gasteiger partial charge in [0, 0.05) is 44.5 Å². The van der Waals surface area contributed by atoms with Crippen LogP contribution in [0.25, 0.3) is 0 Å². The molecule has 1 saturated heterocycles. The fourth-order valence-corrected chi connectivity index (χ4v) is 5.01. The van der Waals surface area contributed by atoms with Crippen molar-refractivity contribution < 1.29 is 22.4 Å². The number of piperazine rings is 1. The molecule has 2 aromatic carbocycles. The Kier molecular flexibility index (Phi) is 6.19. The summed E-state index contributed by atoms with van der Waals surface area (Å²) in [4.78, 5) is 31.5. The zero-order valence-corrected chi connectivity index (χ0v) is 18.7. The summed E-state index contributed by atoms with van der Waals surface area (Å²) in [6.07, 6.45) is 1.17. The third-order valence-corrected chi connectivity index (χ3v) is 7.03. The molecule has 2 aliphatic rings. The van der Waals surface area contributed by atoms with E-state index in [0.717, 1.165) is 11.8 Å². The Labute approximate surface area is 187 Å². The maximum Gasteiger partial charge on any atom is 0.255 e. The maximum absolute atomic E-state index is 14.1. The molecule has 2 aliphatic heterocycles. The summed E-state index contributed by atoms with van der Waals surface area (Å²) in [5, 5.41) is 0. The van der Waals surface area contributed by atoms with Crippen LogP contribution in [0.2, 0.25) is 0 Å². The lowest BCUT2D eigenvalue weighted by Crippen LogP contribution is -2.55. The molecule has 1 unspecified atom stereocenters. The molecule has 4 rings (SSSR count). The predicted octanol–water partition coefficient (Wildman–Crippen LogP) is 1.93. The first-order valence-electron chi connectivity index (χ1n) is 10.6. The fraction of sp³-hybridized carbons (Fsp3) is 0.391. The molecule has 32 heavy (non-hydrogen) atoms. The molecule has 0 spiro atoms. The van der Waals surface area contributed by atoms with Gasteiger partial charge in [-0.05, 0) is 30.2 Å². The number of amides is 2. The molecular weight excluding hydrogens is 433 g/mol. The Bertz CT molecular complexity index is 1130. The standard InChI is InChI=1S/C23H26FN3O4S/c1-32(30,31)15-10-21(27-16-17-6-2-3-7-18(17)22(27)28)23(29)26-13-11-25(12-14-26)20-9-5-4-8-19(20)24/h2-9,21H,10-16H2,1H3. The van der Waals surface area contributed by atoms with Crippen LogP contribution in [0.1, 0.15) is 22.3 Å². The molecule has 0 radical (unpaired) electrons. The number of anilines is 1. The smallest absolute Gasteiger partial charge is 0.255 e. The van der Waals surface area contributed by atoms with E-state index < -0.39 is 15.9 Å². The summed E-state index contributed by atoms with van der Waals surface area (Å²) in [7, 11) is -3.31. The molecule has 7 nitrogen and oxygen atoms in total. The van der Waals surface area contributed by atoms with Crippen LogP contribution >= 0.6 is 0 Å². The van der Waals surface area contributed by atoms with Crippen molar-refractivity contribution in [2.45, 2.75) is 19.0 Å². The summed E-state index contributed by atoms with van der Waals surface area (Å²) in [6.45, 7) is 1.94. The summed E-state index contributed by atoms with van der Waals surface area (Å²) in [6, 6.07) is 12.8. The molecule has 170 valence electrons. The van der Waals surface area contributed by atoms with Crippen molar-refractivity contribution in [1.29, 1.82) is 0 Å². The van der Waals surface area contributed by atoms with Gasteiger partial charge in [0.15, 0.2) is 0 Å². The number of fused-ring (bicyclic) bond motifs is 1. The SMILES string of the molecule is CS(=O)(=O)CCC(C(=O)N1CCN(c2ccccc2F)CC1)N1Cc2ccccc2C1=O. The third-order valence-electron chi connectivity index (χ3n) is 6.06. The number of hydrogen-bond acceptors (Lipinski definition) is 5. The average molecular weight is 460 g/mol. The van der Waals surface area contributed by atoms with E-state index in [4.69, 9.17) is 0 Å². The van der Waals surface area contributed by atoms with Crippen LogP contribution in [0.5, 0.6) is 0 Å². The Morgan fingerprint density at radius 3 is 2.34 bits per heavy atom. The highest BCUT2D eigenvalue weighted by molar-refractivity contribution is 7.90. The molecule has 0 bridgehead atoms. The van der Waals surface area contributed by atoms with E-state index in [1.807, 2.05) is 17.0 Å². The highest BCUT2D eigenvalue weighted by Gasteiger charge is 2.39. The summed E-state index contributed by atoms with van der Waals surface area (Å²) in [5.74, 6) is -1.00. The molecule has 0 N–H and O–H groups in total. The molecule has 2 heterocycles. The summed E-state index contributed by atoms with van der Waals surface area (Å²) < 4.78 is 37.7. The normalized spacial score (nSPS) is 17.4. The number of para-hydroxylation sites is 1. The summed E-state index contributed by atoms with van der Waals surface area (Å²) >= 11 is 0. The van der Waals surface area contributed by atoms with Crippen LogP contribution in [-0.2, 0) is 21.2 Å². The van der Waals surface area contributed by atoms with E-state index in [2.05, 4.69) is 0 Å². The van der Waals surface area contributed by atoms with Crippen molar-refractivity contribution in [2.24, 2.45) is 0 Å². The summed E-state index contributed by atoms with van der Waals surface area (Å²) in [5.41, 5.74) is 1.88. The van der Waals surface area contributed by atoms with Crippen LogP contribution < -0.4 is 4.90 Å². The van der Waals surface area contributed by atoms with Crippen molar-refractivity contribution in [3.05, 3.63) is 65.5 Å². The lowest BCUT2D eigenvalue weighted by Gasteiger charge is -2.39. The Morgan fingerprint density at radius 1 is 1.03 bits per heavy atom. The zero-order valence-electron chi connectivity index (χ0n) is 17.9. The monoisotopic (exact) mass is 459 g/mol. The third kappa shape index (κ3) is 4.62. The van der Waals surface area contributed by atoms with Gasteiger partial charge in [0.05, 0.1) is 11.4 Å². The number of rotatable bonds is 6. The first kappa shape index (κ1) is 22.3. The highest BCUT2D eigenvalue weighted by Crippen LogP contribution is 2.27. The van der Waals surface area contributed by atoms with Gasteiger partial charge in [0.25, 0.3) is 5.91 Å². The van der Waals surface area contributed by atoms with Crippen molar-refractivity contribution in [3.63, 3.8) is 0 Å². The number of nitrogens with zero attached hydrogens (tertiary/aromatic N) is 3. The number of carbonyl (C=O) groups excluding carboxylic acids is 2. The molecule has 0 saturated carbocycles. The lowest BCUT2D eigenvalue weighted by molar-refractivity contribution is -0.136. The lowest BCUT2D eigenvalue weighted by atomic mass is 10.1. The van der Waals surface area contributed by atoms with Crippen LogP contribution in [0.4, 0.5) is 10.1 Å². The largest absolute Gasteiger partial charge is 0.366 e. The molecule has 0 aliphatic carbocycles. The second-order valence-corrected chi connectivity index (χ2v) is 10.5. The minimum Gasteiger partial charge on any atom is -0.366 e. The zero-order chi connectivity index (χ0) is 22.9. The Morgan fingerprint density at radius 2 is 1.69 bits per heavy atom. The second kappa shape index (κ2) is 8.90. The van der Waals surface area contributed by atoms with Crippen molar-refractivity contribution >= 4 is 27.3 Å². The van der Waals surface area contributed by atoms with E-state index in [-0.39, 0.29) is 36.4 Å². The van der Waals surface area contributed by atoms with Gasteiger partial charge < -0.3 is 14.7 Å². The molecule has 2 amide bonds. The number of sulfone groups is 1. The molecule has 1 fully saturated rings. The van der Waals surface area contributed by atoms with Gasteiger partial charge in [-0.3, -0.25) is 9.59 Å². The highest BCUT2D eigenvalue weighted by atomic mass is 32.2. The predicted molar refractivity (Wildman–Crippen MR) is 120 cm³/mol. The van der Waals surface area contributed by atoms with Crippen molar-refractivity contribution in [1.82, 2.24) is 9.80 Å². The maximum atomic E-state index is 14.1. The van der Waals surface area contributed by atoms with Gasteiger partial charge in [-0.25, -0.2) is 12.8 Å². The molecule has 0 aromatic heterocycles. The van der Waals surface area contributed by atoms with Crippen molar-refractivity contribution in [2.75, 3.05) is 43.1 Å².